The standard InChI is InChI=1S/C31H34ClF4N7O/c1-3-22(11-12-39-18(2)37)40-16-19-7-9-23(10-8-19)43-17-21-15-26(41-29(21)42-30(43)44)24-13-20(14-25(32)28(24)33)5-4-6-27(38)31(34,35)36/h3,7-10,13-15,17,22,27,40H,1,4-6,11-12,16,38H2,2H3,(H2,37,39)(H,41,42,44). The van der Waals surface area contributed by atoms with Crippen molar-refractivity contribution in [1.29, 1.82) is 0 Å². The first kappa shape index (κ1) is 32.9. The van der Waals surface area contributed by atoms with Gasteiger partial charge in [-0.25, -0.2) is 9.18 Å². The highest BCUT2D eigenvalue weighted by atomic mass is 35.5. The Labute approximate surface area is 256 Å². The lowest BCUT2D eigenvalue weighted by atomic mass is 10.0. The second-order valence-corrected chi connectivity index (χ2v) is 11.0. The van der Waals surface area contributed by atoms with Crippen molar-refractivity contribution in [2.75, 3.05) is 6.54 Å². The quantitative estimate of drug-likeness (QED) is 0.0642. The zero-order chi connectivity index (χ0) is 32.0. The summed E-state index contributed by atoms with van der Waals surface area (Å²) in [6.45, 7) is 6.78. The summed E-state index contributed by atoms with van der Waals surface area (Å²) in [4.78, 5) is 24.2. The highest BCUT2D eigenvalue weighted by Gasteiger charge is 2.35. The van der Waals surface area contributed by atoms with Gasteiger partial charge >= 0.3 is 11.9 Å². The number of hydrogen-bond donors (Lipinski definition) is 4. The lowest BCUT2D eigenvalue weighted by molar-refractivity contribution is -0.149. The molecule has 8 nitrogen and oxygen atoms in total. The Balaban J connectivity index is 1.50. The maximum Gasteiger partial charge on any atom is 0.403 e. The van der Waals surface area contributed by atoms with Gasteiger partial charge in [-0.1, -0.05) is 29.8 Å². The molecule has 2 unspecified atom stereocenters. The summed E-state index contributed by atoms with van der Waals surface area (Å²) in [5, 5.41) is 3.78. The fourth-order valence-corrected chi connectivity index (χ4v) is 4.95. The Morgan fingerprint density at radius 3 is 2.59 bits per heavy atom. The average molecular weight is 632 g/mol. The van der Waals surface area contributed by atoms with Crippen molar-refractivity contribution >= 4 is 28.5 Å². The fourth-order valence-electron chi connectivity index (χ4n) is 4.71. The third kappa shape index (κ3) is 8.34. The van der Waals surface area contributed by atoms with E-state index in [0.29, 0.717) is 41.3 Å². The summed E-state index contributed by atoms with van der Waals surface area (Å²) in [5.41, 5.74) is 13.1. The summed E-state index contributed by atoms with van der Waals surface area (Å²) in [5.74, 6) is -0.162. The molecule has 234 valence electrons. The second kappa shape index (κ2) is 14.2. The molecule has 4 aromatic rings. The van der Waals surface area contributed by atoms with Crippen molar-refractivity contribution in [1.82, 2.24) is 19.9 Å². The maximum atomic E-state index is 15.1. The number of aliphatic imine (C=N–C) groups is 1. The Hall–Kier alpha value is -4.00. The van der Waals surface area contributed by atoms with Crippen LogP contribution < -0.4 is 22.5 Å². The minimum Gasteiger partial charge on any atom is -0.388 e. The number of nitrogens with zero attached hydrogens (tertiary/aromatic N) is 3. The molecule has 4 rings (SSSR count). The van der Waals surface area contributed by atoms with Gasteiger partial charge in [-0.3, -0.25) is 9.56 Å². The molecular weight excluding hydrogens is 598 g/mol. The SMILES string of the molecule is C=CC(CCN=C(C)N)NCc1ccc(-n2cc3cc(-c4cc(CCCC(N)C(F)(F)F)cc(Cl)c4F)[nH]c3nc2=O)cc1. The van der Waals surface area contributed by atoms with Gasteiger partial charge in [-0.15, -0.1) is 6.58 Å². The first-order valence-electron chi connectivity index (χ1n) is 14.0. The zero-order valence-corrected chi connectivity index (χ0v) is 24.9. The molecule has 2 aromatic heterocycles. The van der Waals surface area contributed by atoms with Crippen LogP contribution in [0.3, 0.4) is 0 Å². The van der Waals surface area contributed by atoms with Crippen LogP contribution in [0.25, 0.3) is 28.0 Å². The number of nitrogens with two attached hydrogens (primary N) is 2. The molecule has 0 aliphatic carbocycles. The molecule has 0 fully saturated rings. The van der Waals surface area contributed by atoms with Crippen LogP contribution in [0.15, 0.2) is 71.1 Å². The van der Waals surface area contributed by atoms with E-state index in [1.807, 2.05) is 18.2 Å². The molecule has 6 N–H and O–H groups in total. The van der Waals surface area contributed by atoms with E-state index in [1.54, 1.807) is 31.3 Å². The molecule has 0 radical (unpaired) electrons. The monoisotopic (exact) mass is 631 g/mol. The number of nitrogens with one attached hydrogen (secondary N) is 2. The molecule has 2 aromatic carbocycles. The lowest BCUT2D eigenvalue weighted by Crippen LogP contribution is -2.37. The molecule has 0 aliphatic heterocycles. The predicted octanol–water partition coefficient (Wildman–Crippen LogP) is 5.80. The summed E-state index contributed by atoms with van der Waals surface area (Å²) in [6, 6.07) is 10.1. The van der Waals surface area contributed by atoms with Gasteiger partial charge in [0.25, 0.3) is 0 Å². The topological polar surface area (TPSA) is 127 Å². The van der Waals surface area contributed by atoms with Crippen molar-refractivity contribution in [3.8, 4) is 16.9 Å². The molecule has 0 aliphatic rings. The van der Waals surface area contributed by atoms with Crippen molar-refractivity contribution in [3.05, 3.63) is 93.8 Å². The highest BCUT2D eigenvalue weighted by molar-refractivity contribution is 6.31. The summed E-state index contributed by atoms with van der Waals surface area (Å²) in [6.07, 6.45) is -0.194. The van der Waals surface area contributed by atoms with Crippen LogP contribution in [0.4, 0.5) is 17.6 Å². The van der Waals surface area contributed by atoms with E-state index in [4.69, 9.17) is 23.1 Å². The lowest BCUT2D eigenvalue weighted by Gasteiger charge is -2.15. The summed E-state index contributed by atoms with van der Waals surface area (Å²) >= 11 is 6.12. The number of aryl methyl sites for hydroxylation is 1. The number of fused-ring (bicyclic) bond motifs is 1. The van der Waals surface area contributed by atoms with E-state index < -0.39 is 23.7 Å². The predicted molar refractivity (Wildman–Crippen MR) is 167 cm³/mol. The van der Waals surface area contributed by atoms with Crippen LogP contribution in [-0.2, 0) is 13.0 Å². The summed E-state index contributed by atoms with van der Waals surface area (Å²) in [7, 11) is 0. The molecule has 13 heteroatoms. The van der Waals surface area contributed by atoms with Crippen LogP contribution in [0.5, 0.6) is 0 Å². The smallest absolute Gasteiger partial charge is 0.388 e. The molecular formula is C31H34ClF4N7O. The largest absolute Gasteiger partial charge is 0.403 e. The number of amidine groups is 1. The van der Waals surface area contributed by atoms with Crippen LogP contribution in [0.2, 0.25) is 5.02 Å². The van der Waals surface area contributed by atoms with Crippen LogP contribution >= 0.6 is 11.6 Å². The van der Waals surface area contributed by atoms with Gasteiger partial charge in [0.05, 0.1) is 22.2 Å². The van der Waals surface area contributed by atoms with E-state index >= 15 is 4.39 Å². The highest BCUT2D eigenvalue weighted by Crippen LogP contribution is 2.32. The molecule has 2 atom stereocenters. The van der Waals surface area contributed by atoms with Gasteiger partial charge in [0, 0.05) is 36.3 Å². The average Bonchev–Trinajstić information content (AvgIpc) is 3.38. The number of alkyl halides is 3. The molecule has 44 heavy (non-hydrogen) atoms. The molecule has 2 heterocycles. The number of rotatable bonds is 13. The van der Waals surface area contributed by atoms with E-state index in [9.17, 15) is 18.0 Å². The van der Waals surface area contributed by atoms with Gasteiger partial charge in [0.15, 0.2) is 5.82 Å². The van der Waals surface area contributed by atoms with Gasteiger partial charge in [-0.2, -0.15) is 18.2 Å². The number of H-pyrrole nitrogens is 1. The van der Waals surface area contributed by atoms with Crippen LogP contribution in [-0.4, -0.2) is 45.2 Å². The first-order chi connectivity index (χ1) is 20.8. The number of hydrogen-bond acceptors (Lipinski definition) is 5. The number of aromatic nitrogens is 3. The van der Waals surface area contributed by atoms with Gasteiger partial charge < -0.3 is 21.8 Å². The van der Waals surface area contributed by atoms with Crippen LogP contribution in [0.1, 0.15) is 37.3 Å². The maximum absolute atomic E-state index is 15.1. The molecule has 0 amide bonds. The minimum atomic E-state index is -4.48. The summed E-state index contributed by atoms with van der Waals surface area (Å²) < 4.78 is 54.7. The minimum absolute atomic E-state index is 0.0582. The van der Waals surface area contributed by atoms with Crippen molar-refractivity contribution < 1.29 is 17.6 Å². The molecule has 0 spiro atoms. The van der Waals surface area contributed by atoms with Crippen molar-refractivity contribution in [2.45, 2.75) is 57.4 Å². The van der Waals surface area contributed by atoms with Gasteiger partial charge in [-0.05, 0) is 74.1 Å². The Kier molecular flexibility index (Phi) is 10.6. The normalized spacial score (nSPS) is 13.8. The van der Waals surface area contributed by atoms with Gasteiger partial charge in [0.2, 0.25) is 0 Å². The Morgan fingerprint density at radius 2 is 1.93 bits per heavy atom. The van der Waals surface area contributed by atoms with E-state index in [1.165, 1.54) is 16.7 Å². The van der Waals surface area contributed by atoms with E-state index in [-0.39, 0.29) is 41.5 Å². The molecule has 0 saturated carbocycles. The first-order valence-corrected chi connectivity index (χ1v) is 14.4. The Bertz CT molecular complexity index is 1690. The number of benzene rings is 2. The molecule has 0 saturated heterocycles. The number of aromatic amines is 1. The number of halogens is 5. The van der Waals surface area contributed by atoms with E-state index in [2.05, 4.69) is 26.9 Å². The second-order valence-electron chi connectivity index (χ2n) is 10.6. The van der Waals surface area contributed by atoms with Gasteiger partial charge in [0.1, 0.15) is 11.7 Å². The fraction of sp³-hybridized carbons (Fsp3) is 0.323. The molecule has 0 bridgehead atoms. The zero-order valence-electron chi connectivity index (χ0n) is 24.1. The van der Waals surface area contributed by atoms with Crippen LogP contribution in [0, 0.1) is 5.82 Å². The third-order valence-electron chi connectivity index (χ3n) is 7.16. The van der Waals surface area contributed by atoms with Crippen molar-refractivity contribution in [3.63, 3.8) is 0 Å². The third-order valence-corrected chi connectivity index (χ3v) is 7.43. The van der Waals surface area contributed by atoms with E-state index in [0.717, 1.165) is 12.0 Å². The Morgan fingerprint density at radius 1 is 1.20 bits per heavy atom. The van der Waals surface area contributed by atoms with Crippen molar-refractivity contribution in [2.24, 2.45) is 16.5 Å².